The number of alkyl halides is 1. The van der Waals surface area contributed by atoms with Crippen LogP contribution in [-0.4, -0.2) is 28.6 Å². The minimum Gasteiger partial charge on any atom is -0.464 e. The van der Waals surface area contributed by atoms with Crippen molar-refractivity contribution >= 4 is 21.9 Å². The molecule has 2 atom stereocenters. The lowest BCUT2D eigenvalue weighted by Gasteiger charge is -2.30. The predicted molar refractivity (Wildman–Crippen MR) is 74.8 cm³/mol. The topological polar surface area (TPSA) is 46.5 Å². The van der Waals surface area contributed by atoms with Crippen molar-refractivity contribution in [3.8, 4) is 0 Å². The molecule has 3 nitrogen and oxygen atoms in total. The lowest BCUT2D eigenvalue weighted by atomic mass is 9.83. The highest BCUT2D eigenvalue weighted by Crippen LogP contribution is 2.32. The zero-order chi connectivity index (χ0) is 13.6. The van der Waals surface area contributed by atoms with Crippen molar-refractivity contribution in [1.29, 1.82) is 0 Å². The van der Waals surface area contributed by atoms with E-state index < -0.39 is 17.5 Å². The molecule has 0 heterocycles. The lowest BCUT2D eigenvalue weighted by Crippen LogP contribution is -2.46. The molecule has 0 radical (unpaired) electrons. The average molecular weight is 313 g/mol. The number of hydrogen-bond donors (Lipinski definition) is 1. The molecule has 0 aromatic heterocycles. The Kier molecular flexibility index (Phi) is 5.56. The number of benzene rings is 1. The Bertz CT molecular complexity index is 405. The van der Waals surface area contributed by atoms with E-state index in [4.69, 9.17) is 4.74 Å². The minimum atomic E-state index is -1.64. The first-order chi connectivity index (χ1) is 8.60. The number of rotatable bonds is 6. The van der Waals surface area contributed by atoms with Crippen LogP contribution < -0.4 is 0 Å². The maximum Gasteiger partial charge on any atom is 0.339 e. The molecular formula is C14H17BrO3. The summed E-state index contributed by atoms with van der Waals surface area (Å²) in [7, 11) is 0. The summed E-state index contributed by atoms with van der Waals surface area (Å²) in [6.45, 7) is 5.64. The summed E-state index contributed by atoms with van der Waals surface area (Å²) < 4.78 is 4.94. The quantitative estimate of drug-likeness (QED) is 0.499. The fraction of sp³-hybridized carbons (Fsp3) is 0.357. The van der Waals surface area contributed by atoms with E-state index in [1.165, 1.54) is 0 Å². The molecule has 4 heteroatoms. The van der Waals surface area contributed by atoms with E-state index in [1.807, 2.05) is 30.3 Å². The molecule has 0 saturated heterocycles. The Hall–Kier alpha value is -1.13. The van der Waals surface area contributed by atoms with Crippen LogP contribution in [0.25, 0.3) is 0 Å². The van der Waals surface area contributed by atoms with Crippen molar-refractivity contribution in [2.75, 3.05) is 11.9 Å². The molecule has 98 valence electrons. The molecule has 0 aliphatic heterocycles. The molecule has 0 fully saturated rings. The summed E-state index contributed by atoms with van der Waals surface area (Å²) in [5.41, 5.74) is -0.818. The summed E-state index contributed by atoms with van der Waals surface area (Å²) in [6, 6.07) is 9.27. The maximum absolute atomic E-state index is 11.9. The number of aliphatic hydroxyl groups is 1. The molecule has 1 aromatic carbocycles. The molecule has 0 unspecified atom stereocenters. The van der Waals surface area contributed by atoms with Crippen LogP contribution in [-0.2, 0) is 9.53 Å². The van der Waals surface area contributed by atoms with Crippen molar-refractivity contribution in [3.63, 3.8) is 0 Å². The molecule has 0 aliphatic rings. The molecule has 1 N–H and O–H groups in total. The van der Waals surface area contributed by atoms with Crippen molar-refractivity contribution in [1.82, 2.24) is 0 Å². The van der Waals surface area contributed by atoms with Gasteiger partial charge in [0.2, 0.25) is 0 Å². The van der Waals surface area contributed by atoms with Crippen LogP contribution in [0.1, 0.15) is 18.4 Å². The van der Waals surface area contributed by atoms with Gasteiger partial charge in [0.25, 0.3) is 0 Å². The van der Waals surface area contributed by atoms with Gasteiger partial charge in [0.1, 0.15) is 0 Å². The second kappa shape index (κ2) is 6.71. The van der Waals surface area contributed by atoms with E-state index in [1.54, 1.807) is 13.0 Å². The van der Waals surface area contributed by atoms with Crippen LogP contribution in [0.4, 0.5) is 0 Å². The van der Waals surface area contributed by atoms with Gasteiger partial charge in [-0.25, -0.2) is 4.79 Å². The minimum absolute atomic E-state index is 0.0877. The summed E-state index contributed by atoms with van der Waals surface area (Å²) >= 11 is 3.18. The predicted octanol–water partition coefficient (Wildman–Crippen LogP) is 2.65. The number of carbonyl (C=O) groups excluding carboxylic acids is 1. The van der Waals surface area contributed by atoms with Gasteiger partial charge in [0.15, 0.2) is 5.60 Å². The highest BCUT2D eigenvalue weighted by molar-refractivity contribution is 9.09. The first-order valence-corrected chi connectivity index (χ1v) is 6.85. The van der Waals surface area contributed by atoms with Gasteiger partial charge >= 0.3 is 5.97 Å². The number of carbonyl (C=O) groups is 1. The molecule has 0 aliphatic carbocycles. The van der Waals surface area contributed by atoms with E-state index in [0.29, 0.717) is 0 Å². The second-order valence-corrected chi connectivity index (χ2v) is 4.46. The van der Waals surface area contributed by atoms with E-state index >= 15 is 0 Å². The standard InChI is InChI=1S/C14H17BrO3/c1-3-12(11-8-6-5-7-9-11)14(17,10-15)13(16)18-4-2/h3,5-9,12,17H,1,4,10H2,2H3/t12-,14+/m1/s1. The summed E-state index contributed by atoms with van der Waals surface area (Å²) in [5.74, 6) is -1.16. The van der Waals surface area contributed by atoms with Gasteiger partial charge in [-0.15, -0.1) is 6.58 Å². The zero-order valence-corrected chi connectivity index (χ0v) is 11.9. The molecule has 0 amide bonds. The van der Waals surface area contributed by atoms with Crippen molar-refractivity contribution in [2.24, 2.45) is 0 Å². The molecular weight excluding hydrogens is 296 g/mol. The number of esters is 1. The number of halogens is 1. The SMILES string of the molecule is C=C[C@H](c1ccccc1)[C@@](O)(CBr)C(=O)OCC. The van der Waals surface area contributed by atoms with Crippen molar-refractivity contribution in [2.45, 2.75) is 18.4 Å². The van der Waals surface area contributed by atoms with Crippen LogP contribution >= 0.6 is 15.9 Å². The zero-order valence-electron chi connectivity index (χ0n) is 10.3. The summed E-state index contributed by atoms with van der Waals surface area (Å²) in [4.78, 5) is 11.9. The van der Waals surface area contributed by atoms with Gasteiger partial charge in [-0.3, -0.25) is 0 Å². The van der Waals surface area contributed by atoms with Crippen LogP contribution in [0.15, 0.2) is 43.0 Å². The van der Waals surface area contributed by atoms with Crippen LogP contribution in [0.5, 0.6) is 0 Å². The molecule has 1 rings (SSSR count). The largest absolute Gasteiger partial charge is 0.464 e. The Morgan fingerprint density at radius 3 is 2.61 bits per heavy atom. The normalized spacial score (nSPS) is 15.5. The molecule has 0 saturated carbocycles. The Balaban J connectivity index is 3.11. The van der Waals surface area contributed by atoms with Gasteiger partial charge in [-0.05, 0) is 12.5 Å². The summed E-state index contributed by atoms with van der Waals surface area (Å²) in [5, 5.41) is 10.6. The lowest BCUT2D eigenvalue weighted by molar-refractivity contribution is -0.163. The first kappa shape index (κ1) is 14.9. The summed E-state index contributed by atoms with van der Waals surface area (Å²) in [6.07, 6.45) is 1.56. The van der Waals surface area contributed by atoms with Gasteiger partial charge in [-0.2, -0.15) is 0 Å². The van der Waals surface area contributed by atoms with Gasteiger partial charge in [0, 0.05) is 11.2 Å². The molecule has 0 spiro atoms. The van der Waals surface area contributed by atoms with E-state index in [2.05, 4.69) is 22.5 Å². The second-order valence-electron chi connectivity index (χ2n) is 3.90. The fourth-order valence-corrected chi connectivity index (χ4v) is 2.37. The van der Waals surface area contributed by atoms with Crippen molar-refractivity contribution < 1.29 is 14.6 Å². The van der Waals surface area contributed by atoms with Gasteiger partial charge in [-0.1, -0.05) is 52.3 Å². The van der Waals surface area contributed by atoms with Crippen LogP contribution in [0.3, 0.4) is 0 Å². The fourth-order valence-electron chi connectivity index (χ4n) is 1.79. The van der Waals surface area contributed by atoms with Crippen LogP contribution in [0, 0.1) is 0 Å². The third kappa shape index (κ3) is 3.00. The highest BCUT2D eigenvalue weighted by atomic mass is 79.9. The van der Waals surface area contributed by atoms with Gasteiger partial charge < -0.3 is 9.84 Å². The number of hydrogen-bond acceptors (Lipinski definition) is 3. The smallest absolute Gasteiger partial charge is 0.339 e. The number of ether oxygens (including phenoxy) is 1. The monoisotopic (exact) mass is 312 g/mol. The third-order valence-corrected chi connectivity index (χ3v) is 3.60. The van der Waals surface area contributed by atoms with Crippen LogP contribution in [0.2, 0.25) is 0 Å². The highest BCUT2D eigenvalue weighted by Gasteiger charge is 2.43. The Labute approximate surface area is 116 Å². The maximum atomic E-state index is 11.9. The molecule has 1 aromatic rings. The Morgan fingerprint density at radius 2 is 2.17 bits per heavy atom. The average Bonchev–Trinajstić information content (AvgIpc) is 2.40. The third-order valence-electron chi connectivity index (χ3n) is 2.74. The van der Waals surface area contributed by atoms with E-state index in [9.17, 15) is 9.90 Å². The first-order valence-electron chi connectivity index (χ1n) is 5.73. The van der Waals surface area contributed by atoms with E-state index in [-0.39, 0.29) is 11.9 Å². The molecule has 0 bridgehead atoms. The van der Waals surface area contributed by atoms with E-state index in [0.717, 1.165) is 5.56 Å². The van der Waals surface area contributed by atoms with Crippen molar-refractivity contribution in [3.05, 3.63) is 48.6 Å². The van der Waals surface area contributed by atoms with Gasteiger partial charge in [0.05, 0.1) is 6.61 Å². The molecule has 18 heavy (non-hydrogen) atoms. The Morgan fingerprint density at radius 1 is 1.56 bits per heavy atom.